The van der Waals surface area contributed by atoms with Crippen molar-refractivity contribution >= 4 is 11.8 Å². The first kappa shape index (κ1) is 12.0. The number of esters is 1. The quantitative estimate of drug-likeness (QED) is 0.832. The Morgan fingerprint density at radius 2 is 2.00 bits per heavy atom. The zero-order valence-electron chi connectivity index (χ0n) is 9.34. The van der Waals surface area contributed by atoms with Crippen molar-refractivity contribution < 1.29 is 13.9 Å². The van der Waals surface area contributed by atoms with Crippen LogP contribution in [0, 0.1) is 5.82 Å². The van der Waals surface area contributed by atoms with E-state index < -0.39 is 11.8 Å². The number of hydrogen-bond donors (Lipinski definition) is 1. The Hall–Kier alpha value is -2.50. The van der Waals surface area contributed by atoms with Crippen molar-refractivity contribution in [1.82, 2.24) is 9.97 Å². The average molecular weight is 247 g/mol. The molecular weight excluding hydrogens is 237 g/mol. The lowest BCUT2D eigenvalue weighted by Gasteiger charge is -2.06. The molecule has 1 heterocycles. The summed E-state index contributed by atoms with van der Waals surface area (Å²) >= 11 is 0. The predicted octanol–water partition coefficient (Wildman–Crippen LogP) is 1.55. The number of nitrogens with zero attached hydrogens (tertiary/aromatic N) is 2. The number of ether oxygens (including phenoxy) is 1. The van der Waals surface area contributed by atoms with Gasteiger partial charge in [0.15, 0.2) is 11.5 Å². The molecule has 0 saturated carbocycles. The first-order chi connectivity index (χ1) is 8.68. The maximum Gasteiger partial charge on any atom is 0.361 e. The summed E-state index contributed by atoms with van der Waals surface area (Å²) in [5, 5.41) is 0. The van der Waals surface area contributed by atoms with Gasteiger partial charge in [0.1, 0.15) is 12.4 Å². The molecule has 0 aliphatic heterocycles. The number of nitrogens with two attached hydrogens (primary N) is 1. The van der Waals surface area contributed by atoms with E-state index in [9.17, 15) is 9.18 Å². The molecule has 1 aromatic carbocycles. The van der Waals surface area contributed by atoms with E-state index in [1.54, 1.807) is 12.1 Å². The number of nitrogen functional groups attached to an aromatic ring is 1. The zero-order chi connectivity index (χ0) is 13.0. The molecule has 92 valence electrons. The van der Waals surface area contributed by atoms with Crippen molar-refractivity contribution in [3.63, 3.8) is 0 Å². The molecule has 0 bridgehead atoms. The standard InChI is InChI=1S/C12H10FN3O2/c13-9-4-2-1-3-8(9)7-18-12(17)10-11(14)16-6-5-15-10/h1-6H,7H2,(H2,14,16). The molecule has 0 aliphatic rings. The monoisotopic (exact) mass is 247 g/mol. The summed E-state index contributed by atoms with van der Waals surface area (Å²) in [6, 6.07) is 6.03. The van der Waals surface area contributed by atoms with Crippen LogP contribution in [0.25, 0.3) is 0 Å². The van der Waals surface area contributed by atoms with Gasteiger partial charge in [-0.2, -0.15) is 0 Å². The summed E-state index contributed by atoms with van der Waals surface area (Å²) in [4.78, 5) is 19.1. The third kappa shape index (κ3) is 2.60. The largest absolute Gasteiger partial charge is 0.456 e. The van der Waals surface area contributed by atoms with Crippen LogP contribution < -0.4 is 5.73 Å². The fourth-order valence-electron chi connectivity index (χ4n) is 1.33. The second-order valence-electron chi connectivity index (χ2n) is 3.46. The highest BCUT2D eigenvalue weighted by Crippen LogP contribution is 2.10. The Bertz CT molecular complexity index is 575. The highest BCUT2D eigenvalue weighted by atomic mass is 19.1. The van der Waals surface area contributed by atoms with Crippen LogP contribution in [0.3, 0.4) is 0 Å². The number of carbonyl (C=O) groups is 1. The first-order valence-corrected chi connectivity index (χ1v) is 5.15. The van der Waals surface area contributed by atoms with E-state index in [-0.39, 0.29) is 23.7 Å². The van der Waals surface area contributed by atoms with E-state index in [0.717, 1.165) is 0 Å². The second kappa shape index (κ2) is 5.22. The number of aromatic nitrogens is 2. The van der Waals surface area contributed by atoms with Crippen LogP contribution in [0.5, 0.6) is 0 Å². The lowest BCUT2D eigenvalue weighted by Crippen LogP contribution is -2.11. The maximum absolute atomic E-state index is 13.3. The molecule has 0 atom stereocenters. The third-order valence-corrected chi connectivity index (χ3v) is 2.24. The van der Waals surface area contributed by atoms with Gasteiger partial charge in [-0.15, -0.1) is 0 Å². The zero-order valence-corrected chi connectivity index (χ0v) is 9.34. The van der Waals surface area contributed by atoms with Gasteiger partial charge in [0, 0.05) is 18.0 Å². The Balaban J connectivity index is 2.06. The van der Waals surface area contributed by atoms with Gasteiger partial charge in [-0.3, -0.25) is 0 Å². The molecule has 6 heteroatoms. The summed E-state index contributed by atoms with van der Waals surface area (Å²) < 4.78 is 18.2. The molecular formula is C12H10FN3O2. The van der Waals surface area contributed by atoms with Gasteiger partial charge in [-0.1, -0.05) is 18.2 Å². The minimum atomic E-state index is -0.733. The van der Waals surface area contributed by atoms with E-state index >= 15 is 0 Å². The second-order valence-corrected chi connectivity index (χ2v) is 3.46. The topological polar surface area (TPSA) is 78.1 Å². The number of halogens is 1. The van der Waals surface area contributed by atoms with Crippen LogP contribution in [0.15, 0.2) is 36.7 Å². The Morgan fingerprint density at radius 1 is 1.28 bits per heavy atom. The number of benzene rings is 1. The van der Waals surface area contributed by atoms with Gasteiger partial charge < -0.3 is 10.5 Å². The van der Waals surface area contributed by atoms with Crippen molar-refractivity contribution in [3.05, 3.63) is 53.7 Å². The lowest BCUT2D eigenvalue weighted by molar-refractivity contribution is 0.0463. The van der Waals surface area contributed by atoms with Crippen molar-refractivity contribution in [2.45, 2.75) is 6.61 Å². The molecule has 5 nitrogen and oxygen atoms in total. The van der Waals surface area contributed by atoms with Gasteiger partial charge >= 0.3 is 5.97 Å². The molecule has 18 heavy (non-hydrogen) atoms. The normalized spacial score (nSPS) is 10.1. The number of hydrogen-bond acceptors (Lipinski definition) is 5. The number of rotatable bonds is 3. The van der Waals surface area contributed by atoms with Crippen molar-refractivity contribution in [2.24, 2.45) is 0 Å². The molecule has 0 fully saturated rings. The Labute approximate surface area is 102 Å². The molecule has 2 aromatic rings. The third-order valence-electron chi connectivity index (χ3n) is 2.24. The highest BCUT2D eigenvalue weighted by molar-refractivity contribution is 5.91. The lowest BCUT2D eigenvalue weighted by atomic mass is 10.2. The molecule has 2 N–H and O–H groups in total. The fourth-order valence-corrected chi connectivity index (χ4v) is 1.33. The molecule has 0 amide bonds. The van der Waals surface area contributed by atoms with Crippen molar-refractivity contribution in [1.29, 1.82) is 0 Å². The molecule has 0 saturated heterocycles. The Kier molecular flexibility index (Phi) is 3.47. The minimum Gasteiger partial charge on any atom is -0.456 e. The predicted molar refractivity (Wildman–Crippen MR) is 62.0 cm³/mol. The van der Waals surface area contributed by atoms with Crippen LogP contribution in [0.4, 0.5) is 10.2 Å². The van der Waals surface area contributed by atoms with Crippen LogP contribution in [-0.2, 0) is 11.3 Å². The number of carbonyl (C=O) groups excluding carboxylic acids is 1. The SMILES string of the molecule is Nc1nccnc1C(=O)OCc1ccccc1F. The van der Waals surface area contributed by atoms with Gasteiger partial charge in [0.2, 0.25) is 0 Å². The van der Waals surface area contributed by atoms with Crippen LogP contribution >= 0.6 is 0 Å². The molecule has 0 spiro atoms. The molecule has 0 aliphatic carbocycles. The fraction of sp³-hybridized carbons (Fsp3) is 0.0833. The van der Waals surface area contributed by atoms with Crippen LogP contribution in [0.2, 0.25) is 0 Å². The molecule has 0 unspecified atom stereocenters. The van der Waals surface area contributed by atoms with E-state index in [2.05, 4.69) is 9.97 Å². The molecule has 1 aromatic heterocycles. The van der Waals surface area contributed by atoms with Crippen LogP contribution in [-0.4, -0.2) is 15.9 Å². The van der Waals surface area contributed by atoms with Crippen molar-refractivity contribution in [2.75, 3.05) is 5.73 Å². The summed E-state index contributed by atoms with van der Waals surface area (Å²) in [7, 11) is 0. The average Bonchev–Trinajstić information content (AvgIpc) is 2.38. The minimum absolute atomic E-state index is 0.0176. The molecule has 0 radical (unpaired) electrons. The Morgan fingerprint density at radius 3 is 2.72 bits per heavy atom. The first-order valence-electron chi connectivity index (χ1n) is 5.15. The van der Waals surface area contributed by atoms with Crippen molar-refractivity contribution in [3.8, 4) is 0 Å². The van der Waals surface area contributed by atoms with E-state index in [4.69, 9.17) is 10.5 Å². The summed E-state index contributed by atoms with van der Waals surface area (Å²) in [6.45, 7) is -0.179. The maximum atomic E-state index is 13.3. The number of anilines is 1. The van der Waals surface area contributed by atoms with E-state index in [1.807, 2.05) is 0 Å². The molecule has 2 rings (SSSR count). The van der Waals surface area contributed by atoms with E-state index in [0.29, 0.717) is 0 Å². The highest BCUT2D eigenvalue weighted by Gasteiger charge is 2.14. The summed E-state index contributed by atoms with van der Waals surface area (Å²) in [5.74, 6) is -1.18. The van der Waals surface area contributed by atoms with Gasteiger partial charge in [0.25, 0.3) is 0 Å². The van der Waals surface area contributed by atoms with Gasteiger partial charge in [-0.05, 0) is 6.07 Å². The van der Waals surface area contributed by atoms with Gasteiger partial charge in [0.05, 0.1) is 0 Å². The van der Waals surface area contributed by atoms with E-state index in [1.165, 1.54) is 24.5 Å². The smallest absolute Gasteiger partial charge is 0.361 e. The summed E-state index contributed by atoms with van der Waals surface area (Å²) in [5.41, 5.74) is 5.68. The van der Waals surface area contributed by atoms with Gasteiger partial charge in [-0.25, -0.2) is 19.2 Å². The van der Waals surface area contributed by atoms with Crippen LogP contribution in [0.1, 0.15) is 16.1 Å². The summed E-state index contributed by atoms with van der Waals surface area (Å²) in [6.07, 6.45) is 2.69.